The van der Waals surface area contributed by atoms with Crippen molar-refractivity contribution in [3.05, 3.63) is 0 Å². The number of hydrogen-bond acceptors (Lipinski definition) is 0. The molecule has 0 heterocycles. The highest BCUT2D eigenvalue weighted by Crippen LogP contribution is 2.46. The predicted octanol–water partition coefficient (Wildman–Crippen LogP) is 4.05. The average molecular weight is 193 g/mol. The summed E-state index contributed by atoms with van der Waals surface area (Å²) >= 11 is 0. The van der Waals surface area contributed by atoms with Gasteiger partial charge in [0.15, 0.2) is 0 Å². The molecule has 13 heavy (non-hydrogen) atoms. The van der Waals surface area contributed by atoms with Gasteiger partial charge < -0.3 is 12.9 Å². The molecule has 0 bridgehead atoms. The summed E-state index contributed by atoms with van der Waals surface area (Å²) in [5, 5.41) is 0. The van der Waals surface area contributed by atoms with Crippen LogP contribution in [0, 0.1) is 11.8 Å². The van der Waals surface area contributed by atoms with E-state index in [1.807, 2.05) is 13.8 Å². The van der Waals surface area contributed by atoms with E-state index in [4.69, 9.17) is 0 Å². The van der Waals surface area contributed by atoms with Gasteiger partial charge in [0.1, 0.15) is 0 Å². The van der Waals surface area contributed by atoms with Crippen LogP contribution in [0.1, 0.15) is 39.5 Å². The Morgan fingerprint density at radius 3 is 2.00 bits per heavy atom. The molecule has 1 aliphatic rings. The van der Waals surface area contributed by atoms with Gasteiger partial charge in [-0.25, -0.2) is 0 Å². The molecule has 0 spiro atoms. The van der Waals surface area contributed by atoms with Gasteiger partial charge >= 0.3 is 6.98 Å². The Balaban J connectivity index is 2.67. The smallest absolute Gasteiger partial charge is 0.449 e. The number of hydrogen-bond donors (Lipinski definition) is 0. The third-order valence-electron chi connectivity index (χ3n) is 3.22. The van der Waals surface area contributed by atoms with Crippen molar-refractivity contribution in [2.75, 3.05) is 0 Å². The summed E-state index contributed by atoms with van der Waals surface area (Å²) in [4.78, 5) is 0. The molecular weight excluding hydrogens is 176 g/mol. The SMILES string of the molecule is CC(C)[C@@H]1CCCC[C@H]1[B-](F)(F)F. The minimum atomic E-state index is -4.61. The predicted molar refractivity (Wildman–Crippen MR) is 49.6 cm³/mol. The van der Waals surface area contributed by atoms with Crippen LogP contribution in [0.2, 0.25) is 5.82 Å². The van der Waals surface area contributed by atoms with E-state index in [-0.39, 0.29) is 11.8 Å². The molecule has 1 rings (SSSR count). The molecule has 2 atom stereocenters. The molecule has 0 aromatic heterocycles. The lowest BCUT2D eigenvalue weighted by Crippen LogP contribution is -2.34. The molecule has 1 saturated carbocycles. The molecule has 0 amide bonds. The van der Waals surface area contributed by atoms with Gasteiger partial charge in [-0.1, -0.05) is 51.3 Å². The summed E-state index contributed by atoms with van der Waals surface area (Å²) < 4.78 is 37.8. The molecule has 1 aliphatic carbocycles. The molecule has 0 N–H and O–H groups in total. The normalized spacial score (nSPS) is 30.9. The maximum atomic E-state index is 12.6. The highest BCUT2D eigenvalue weighted by Gasteiger charge is 2.41. The molecule has 0 saturated heterocycles. The van der Waals surface area contributed by atoms with Crippen molar-refractivity contribution >= 4 is 6.98 Å². The zero-order valence-electron chi connectivity index (χ0n) is 8.27. The maximum Gasteiger partial charge on any atom is 0.481 e. The summed E-state index contributed by atoms with van der Waals surface area (Å²) in [5.74, 6) is -0.920. The molecule has 4 heteroatoms. The van der Waals surface area contributed by atoms with Crippen molar-refractivity contribution in [2.45, 2.75) is 45.3 Å². The van der Waals surface area contributed by atoms with Crippen LogP contribution in [0.5, 0.6) is 0 Å². The van der Waals surface area contributed by atoms with Crippen LogP contribution in [0.3, 0.4) is 0 Å². The van der Waals surface area contributed by atoms with Crippen LogP contribution in [0.4, 0.5) is 12.9 Å². The number of rotatable bonds is 2. The fourth-order valence-electron chi connectivity index (χ4n) is 2.49. The van der Waals surface area contributed by atoms with E-state index in [1.54, 1.807) is 0 Å². The monoisotopic (exact) mass is 193 g/mol. The topological polar surface area (TPSA) is 0 Å². The molecule has 0 aromatic carbocycles. The first-order chi connectivity index (χ1) is 5.93. The van der Waals surface area contributed by atoms with E-state index in [2.05, 4.69) is 0 Å². The molecule has 0 nitrogen and oxygen atoms in total. The molecule has 1 fully saturated rings. The summed E-state index contributed by atoms with van der Waals surface area (Å²) in [6, 6.07) is 0. The van der Waals surface area contributed by atoms with Gasteiger partial charge in [-0.3, -0.25) is 0 Å². The van der Waals surface area contributed by atoms with Crippen LogP contribution < -0.4 is 0 Å². The van der Waals surface area contributed by atoms with Gasteiger partial charge in [-0.15, -0.1) is 0 Å². The quantitative estimate of drug-likeness (QED) is 0.580. The molecule has 0 unspecified atom stereocenters. The Kier molecular flexibility index (Phi) is 3.30. The van der Waals surface area contributed by atoms with E-state index in [0.717, 1.165) is 19.3 Å². The largest absolute Gasteiger partial charge is 0.481 e. The highest BCUT2D eigenvalue weighted by atomic mass is 19.4. The van der Waals surface area contributed by atoms with Crippen molar-refractivity contribution in [3.8, 4) is 0 Å². The molecule has 0 aliphatic heterocycles. The second kappa shape index (κ2) is 3.93. The van der Waals surface area contributed by atoms with Crippen LogP contribution in [-0.2, 0) is 0 Å². The van der Waals surface area contributed by atoms with E-state index in [0.29, 0.717) is 6.42 Å². The molecule has 0 aromatic rings. The molecule has 78 valence electrons. The van der Waals surface area contributed by atoms with Crippen molar-refractivity contribution in [3.63, 3.8) is 0 Å². The fourth-order valence-corrected chi connectivity index (χ4v) is 2.49. The minimum Gasteiger partial charge on any atom is -0.449 e. The second-order valence-corrected chi connectivity index (χ2v) is 4.48. The zero-order chi connectivity index (χ0) is 10.1. The highest BCUT2D eigenvalue weighted by molar-refractivity contribution is 6.60. The minimum absolute atomic E-state index is 0.117. The summed E-state index contributed by atoms with van der Waals surface area (Å²) in [5.41, 5.74) is 0. The Morgan fingerprint density at radius 1 is 1.08 bits per heavy atom. The van der Waals surface area contributed by atoms with Crippen molar-refractivity contribution < 1.29 is 12.9 Å². The lowest BCUT2D eigenvalue weighted by molar-refractivity contribution is 0.236. The third-order valence-corrected chi connectivity index (χ3v) is 3.22. The van der Waals surface area contributed by atoms with Crippen molar-refractivity contribution in [1.29, 1.82) is 0 Å². The van der Waals surface area contributed by atoms with Crippen LogP contribution in [0.25, 0.3) is 0 Å². The van der Waals surface area contributed by atoms with Gasteiger partial charge in [0.2, 0.25) is 0 Å². The first kappa shape index (κ1) is 10.9. The second-order valence-electron chi connectivity index (χ2n) is 4.48. The van der Waals surface area contributed by atoms with Gasteiger partial charge in [-0.05, 0) is 5.92 Å². The first-order valence-corrected chi connectivity index (χ1v) is 5.13. The van der Waals surface area contributed by atoms with Crippen molar-refractivity contribution in [1.82, 2.24) is 0 Å². The molecule has 0 radical (unpaired) electrons. The lowest BCUT2D eigenvalue weighted by atomic mass is 9.57. The van der Waals surface area contributed by atoms with Gasteiger partial charge in [0.25, 0.3) is 0 Å². The Labute approximate surface area is 78.0 Å². The Morgan fingerprint density at radius 2 is 1.62 bits per heavy atom. The zero-order valence-corrected chi connectivity index (χ0v) is 8.27. The van der Waals surface area contributed by atoms with Gasteiger partial charge in [0, 0.05) is 0 Å². The molecular formula is C9H17BF3-. The number of halogens is 3. The van der Waals surface area contributed by atoms with Gasteiger partial charge in [-0.2, -0.15) is 0 Å². The standard InChI is InChI=1S/C9H17BF3/c1-7(2)8-5-3-4-6-9(8)10(11,12)13/h7-9H,3-6H2,1-2H3/q-1/t8-,9+/m0/s1. The van der Waals surface area contributed by atoms with Crippen LogP contribution >= 0.6 is 0 Å². The summed E-state index contributed by atoms with van der Waals surface area (Å²) in [6.45, 7) is -0.794. The van der Waals surface area contributed by atoms with E-state index >= 15 is 0 Å². The van der Waals surface area contributed by atoms with Gasteiger partial charge in [0.05, 0.1) is 0 Å². The van der Waals surface area contributed by atoms with Crippen molar-refractivity contribution in [2.24, 2.45) is 11.8 Å². The van der Waals surface area contributed by atoms with Crippen LogP contribution in [-0.4, -0.2) is 6.98 Å². The fraction of sp³-hybridized carbons (Fsp3) is 1.00. The lowest BCUT2D eigenvalue weighted by Gasteiger charge is -2.40. The van der Waals surface area contributed by atoms with E-state index in [1.165, 1.54) is 0 Å². The summed E-state index contributed by atoms with van der Waals surface area (Å²) in [7, 11) is 0. The summed E-state index contributed by atoms with van der Waals surface area (Å²) in [6.07, 6.45) is 2.87. The Bertz CT molecular complexity index is 165. The first-order valence-electron chi connectivity index (χ1n) is 5.13. The maximum absolute atomic E-state index is 12.6. The average Bonchev–Trinajstić information content (AvgIpc) is 2.03. The van der Waals surface area contributed by atoms with E-state index < -0.39 is 12.8 Å². The Hall–Kier alpha value is -0.145. The van der Waals surface area contributed by atoms with Crippen LogP contribution in [0.15, 0.2) is 0 Å². The van der Waals surface area contributed by atoms with E-state index in [9.17, 15) is 12.9 Å². The third kappa shape index (κ3) is 2.65.